The van der Waals surface area contributed by atoms with E-state index in [1.54, 1.807) is 12.1 Å². The number of anilines is 1. The molecule has 1 aliphatic rings. The van der Waals surface area contributed by atoms with Crippen LogP contribution in [-0.4, -0.2) is 28.1 Å². The van der Waals surface area contributed by atoms with Crippen molar-refractivity contribution in [3.05, 3.63) is 82.5 Å². The van der Waals surface area contributed by atoms with Gasteiger partial charge < -0.3 is 21.3 Å². The quantitative estimate of drug-likeness (QED) is 0.479. The summed E-state index contributed by atoms with van der Waals surface area (Å²) in [6.07, 6.45) is 7.18. The van der Waals surface area contributed by atoms with Gasteiger partial charge in [-0.1, -0.05) is 43.2 Å². The molecular formula is C27H31N3O4. The Morgan fingerprint density at radius 1 is 1.03 bits per heavy atom. The molecule has 1 aliphatic carbocycles. The van der Waals surface area contributed by atoms with Gasteiger partial charge in [0.05, 0.1) is 23.8 Å². The van der Waals surface area contributed by atoms with Crippen molar-refractivity contribution in [2.24, 2.45) is 5.73 Å². The Labute approximate surface area is 199 Å². The molecule has 1 amide bonds. The van der Waals surface area contributed by atoms with Crippen LogP contribution in [0.25, 0.3) is 11.1 Å². The minimum atomic E-state index is -1.03. The van der Waals surface area contributed by atoms with Gasteiger partial charge in [0.15, 0.2) is 0 Å². The molecule has 1 heterocycles. The third-order valence-corrected chi connectivity index (χ3v) is 5.99. The lowest BCUT2D eigenvalue weighted by molar-refractivity contribution is 0.0456. The van der Waals surface area contributed by atoms with Gasteiger partial charge in [0.2, 0.25) is 0 Å². The van der Waals surface area contributed by atoms with Crippen LogP contribution in [0.4, 0.5) is 5.82 Å². The summed E-state index contributed by atoms with van der Waals surface area (Å²) >= 11 is 0. The molecule has 0 atom stereocenters. The largest absolute Gasteiger partial charge is 0.478 e. The van der Waals surface area contributed by atoms with Crippen LogP contribution in [0.5, 0.6) is 0 Å². The van der Waals surface area contributed by atoms with Crippen molar-refractivity contribution in [2.45, 2.75) is 52.2 Å². The van der Waals surface area contributed by atoms with Crippen molar-refractivity contribution in [1.82, 2.24) is 4.98 Å². The van der Waals surface area contributed by atoms with Crippen LogP contribution in [0.2, 0.25) is 0 Å². The monoisotopic (exact) mass is 461 g/mol. The topological polar surface area (TPSA) is 129 Å². The lowest BCUT2D eigenvalue weighted by Crippen LogP contribution is -2.14. The van der Waals surface area contributed by atoms with E-state index in [0.29, 0.717) is 17.2 Å². The molecule has 178 valence electrons. The first kappa shape index (κ1) is 24.9. The van der Waals surface area contributed by atoms with Crippen molar-refractivity contribution in [2.75, 3.05) is 5.73 Å². The maximum Gasteiger partial charge on any atom is 0.335 e. The molecule has 5 N–H and O–H groups in total. The van der Waals surface area contributed by atoms with Crippen LogP contribution in [0, 0.1) is 13.8 Å². The molecule has 1 aromatic heterocycles. The fourth-order valence-corrected chi connectivity index (χ4v) is 3.82. The Kier molecular flexibility index (Phi) is 8.38. The van der Waals surface area contributed by atoms with Crippen molar-refractivity contribution in [3.8, 4) is 11.1 Å². The number of rotatable bonds is 6. The van der Waals surface area contributed by atoms with E-state index in [1.807, 2.05) is 0 Å². The third kappa shape index (κ3) is 6.65. The number of hydrogen-bond acceptors (Lipinski definition) is 5. The van der Waals surface area contributed by atoms with Gasteiger partial charge in [-0.25, -0.2) is 9.78 Å². The zero-order valence-corrected chi connectivity index (χ0v) is 19.6. The fourth-order valence-electron chi connectivity index (χ4n) is 3.82. The Balaban J connectivity index is 0.000000196. The van der Waals surface area contributed by atoms with E-state index in [4.69, 9.17) is 21.3 Å². The molecule has 7 heteroatoms. The minimum absolute atomic E-state index is 0.0469. The Morgan fingerprint density at radius 2 is 1.76 bits per heavy atom. The van der Waals surface area contributed by atoms with Gasteiger partial charge in [-0.2, -0.15) is 0 Å². The first-order valence-electron chi connectivity index (χ1n) is 11.3. The third-order valence-electron chi connectivity index (χ3n) is 5.99. The number of ether oxygens (including phenoxy) is 1. The molecule has 3 aromatic rings. The number of nitrogen functional groups attached to an aromatic ring is 1. The molecular weight excluding hydrogens is 430 g/mol. The number of carbonyl (C=O) groups is 2. The fraction of sp³-hybridized carbons (Fsp3) is 0.296. The standard InChI is InChI=1S/C14H20O.C13H11N3O3/c1-11-7-8-13(9-12(11)2)10-15-14-5-3-4-6-14;14-11-10(12(15)17)5-9(6-16-11)7-2-1-3-8(4-7)13(18)19/h7-9,14H,3-6,10H2,1-2H3;1-6H,(H2,14,16)(H2,15,17)(H,18,19). The first-order chi connectivity index (χ1) is 16.2. The number of benzene rings is 2. The number of nitrogens with zero attached hydrogens (tertiary/aromatic N) is 1. The van der Waals surface area contributed by atoms with Crippen LogP contribution in [0.15, 0.2) is 54.7 Å². The Morgan fingerprint density at radius 3 is 2.41 bits per heavy atom. The second kappa shape index (κ2) is 11.4. The summed E-state index contributed by atoms with van der Waals surface area (Å²) in [6.45, 7) is 5.09. The number of carbonyl (C=O) groups excluding carboxylic acids is 1. The van der Waals surface area contributed by atoms with Gasteiger partial charge >= 0.3 is 5.97 Å². The van der Waals surface area contributed by atoms with Crippen LogP contribution < -0.4 is 11.5 Å². The number of hydrogen-bond donors (Lipinski definition) is 3. The Hall–Kier alpha value is -3.71. The highest BCUT2D eigenvalue weighted by Gasteiger charge is 2.15. The van der Waals surface area contributed by atoms with Gasteiger partial charge in [-0.05, 0) is 67.1 Å². The smallest absolute Gasteiger partial charge is 0.335 e. The van der Waals surface area contributed by atoms with Crippen molar-refractivity contribution < 1.29 is 19.4 Å². The molecule has 1 fully saturated rings. The van der Waals surface area contributed by atoms with Crippen LogP contribution >= 0.6 is 0 Å². The second-order valence-corrected chi connectivity index (χ2v) is 8.54. The van der Waals surface area contributed by atoms with Crippen molar-refractivity contribution in [3.63, 3.8) is 0 Å². The molecule has 0 radical (unpaired) electrons. The molecule has 0 spiro atoms. The number of primary amides is 1. The zero-order valence-electron chi connectivity index (χ0n) is 19.6. The van der Waals surface area contributed by atoms with Gasteiger partial charge in [0.1, 0.15) is 5.82 Å². The molecule has 0 unspecified atom stereocenters. The van der Waals surface area contributed by atoms with E-state index in [0.717, 1.165) is 6.61 Å². The number of aromatic nitrogens is 1. The van der Waals surface area contributed by atoms with E-state index < -0.39 is 11.9 Å². The molecule has 1 saturated carbocycles. The van der Waals surface area contributed by atoms with Gasteiger partial charge in [-0.15, -0.1) is 0 Å². The predicted molar refractivity (Wildman–Crippen MR) is 133 cm³/mol. The number of amides is 1. The highest BCUT2D eigenvalue weighted by Crippen LogP contribution is 2.23. The number of aromatic carboxylic acids is 1. The highest BCUT2D eigenvalue weighted by molar-refractivity contribution is 5.98. The maximum absolute atomic E-state index is 11.2. The maximum atomic E-state index is 11.2. The van der Waals surface area contributed by atoms with Gasteiger partial charge in [-0.3, -0.25) is 4.79 Å². The lowest BCUT2D eigenvalue weighted by Gasteiger charge is -2.11. The summed E-state index contributed by atoms with van der Waals surface area (Å²) < 4.78 is 5.88. The molecule has 0 saturated heterocycles. The number of carboxylic acids is 1. The van der Waals surface area contributed by atoms with Crippen molar-refractivity contribution >= 4 is 17.7 Å². The van der Waals surface area contributed by atoms with E-state index in [-0.39, 0.29) is 16.9 Å². The van der Waals surface area contributed by atoms with E-state index in [1.165, 1.54) is 66.8 Å². The van der Waals surface area contributed by atoms with Crippen LogP contribution in [0.1, 0.15) is 63.1 Å². The number of carboxylic acid groups (broad SMARTS) is 1. The Bertz CT molecular complexity index is 1170. The molecule has 34 heavy (non-hydrogen) atoms. The van der Waals surface area contributed by atoms with E-state index in [9.17, 15) is 9.59 Å². The summed E-state index contributed by atoms with van der Waals surface area (Å²) in [7, 11) is 0. The summed E-state index contributed by atoms with van der Waals surface area (Å²) in [5, 5.41) is 8.93. The zero-order chi connectivity index (χ0) is 24.7. The van der Waals surface area contributed by atoms with E-state index >= 15 is 0 Å². The normalized spacial score (nSPS) is 13.2. The highest BCUT2D eigenvalue weighted by atomic mass is 16.5. The summed E-state index contributed by atoms with van der Waals surface area (Å²) in [5.74, 6) is -1.66. The molecule has 0 aliphatic heterocycles. The van der Waals surface area contributed by atoms with Crippen LogP contribution in [0.3, 0.4) is 0 Å². The minimum Gasteiger partial charge on any atom is -0.478 e. The number of pyridine rings is 1. The number of aryl methyl sites for hydroxylation is 2. The average molecular weight is 462 g/mol. The summed E-state index contributed by atoms with van der Waals surface area (Å²) in [5.41, 5.74) is 16.2. The van der Waals surface area contributed by atoms with Crippen molar-refractivity contribution in [1.29, 1.82) is 0 Å². The lowest BCUT2D eigenvalue weighted by atomic mass is 10.0. The number of nitrogens with two attached hydrogens (primary N) is 2. The SMILES string of the molecule is Cc1ccc(COC2CCCC2)cc1C.NC(=O)c1cc(-c2cccc(C(=O)O)c2)cnc1N. The van der Waals surface area contributed by atoms with Crippen LogP contribution in [-0.2, 0) is 11.3 Å². The predicted octanol–water partition coefficient (Wildman–Crippen LogP) is 4.89. The summed E-state index contributed by atoms with van der Waals surface area (Å²) in [4.78, 5) is 26.0. The summed E-state index contributed by atoms with van der Waals surface area (Å²) in [6, 6.07) is 14.4. The first-order valence-corrected chi connectivity index (χ1v) is 11.3. The molecule has 2 aromatic carbocycles. The molecule has 0 bridgehead atoms. The van der Waals surface area contributed by atoms with E-state index in [2.05, 4.69) is 37.0 Å². The van der Waals surface area contributed by atoms with Gasteiger partial charge in [0, 0.05) is 11.8 Å². The van der Waals surface area contributed by atoms with Gasteiger partial charge in [0.25, 0.3) is 5.91 Å². The second-order valence-electron chi connectivity index (χ2n) is 8.54. The molecule has 4 rings (SSSR count). The average Bonchev–Trinajstić information content (AvgIpc) is 3.34. The molecule has 7 nitrogen and oxygen atoms in total.